The number of ether oxygens (including phenoxy) is 1. The maximum Gasteiger partial charge on any atom is 0.246 e. The van der Waals surface area contributed by atoms with E-state index in [0.717, 1.165) is 17.1 Å². The summed E-state index contributed by atoms with van der Waals surface area (Å²) < 4.78 is 33.0. The normalized spacial score (nSPS) is 10.9. The molecule has 0 aliphatic rings. The number of fused-ring (bicyclic) bond motifs is 1. The molecule has 0 radical (unpaired) electrons. The zero-order valence-corrected chi connectivity index (χ0v) is 12.5. The van der Waals surface area contributed by atoms with Crippen LogP contribution in [0.2, 0.25) is 0 Å². The molecule has 0 amide bonds. The highest BCUT2D eigenvalue weighted by Crippen LogP contribution is 2.32. The van der Waals surface area contributed by atoms with Crippen molar-refractivity contribution in [1.82, 2.24) is 10.2 Å². The van der Waals surface area contributed by atoms with Crippen LogP contribution in [-0.2, 0) is 0 Å². The summed E-state index contributed by atoms with van der Waals surface area (Å²) in [6.45, 7) is 1.82. The standard InChI is InChI=1S/C15H9BrF2N2O/c1-8-10-4-2-3-5-11(10)15(20-19-8)21-13-7-9(16)6-12(17)14(13)18/h2-7H,1H3. The van der Waals surface area contributed by atoms with Gasteiger partial charge >= 0.3 is 0 Å². The molecular formula is C15H9BrF2N2O. The van der Waals surface area contributed by atoms with E-state index in [2.05, 4.69) is 26.1 Å². The SMILES string of the molecule is Cc1nnc(Oc2cc(Br)cc(F)c2F)c2ccccc12. The van der Waals surface area contributed by atoms with Crippen LogP contribution < -0.4 is 4.74 Å². The highest BCUT2D eigenvalue weighted by Gasteiger charge is 2.15. The van der Waals surface area contributed by atoms with Gasteiger partial charge in [-0.3, -0.25) is 0 Å². The number of nitrogens with zero attached hydrogens (tertiary/aromatic N) is 2. The second-order valence-electron chi connectivity index (χ2n) is 4.44. The summed E-state index contributed by atoms with van der Waals surface area (Å²) in [5.74, 6) is -2.17. The minimum absolute atomic E-state index is 0.132. The molecule has 3 nitrogen and oxygen atoms in total. The third-order valence-corrected chi connectivity index (χ3v) is 3.46. The molecule has 106 valence electrons. The van der Waals surface area contributed by atoms with Crippen LogP contribution in [0, 0.1) is 18.6 Å². The Morgan fingerprint density at radius 3 is 2.52 bits per heavy atom. The monoisotopic (exact) mass is 350 g/mol. The highest BCUT2D eigenvalue weighted by molar-refractivity contribution is 9.10. The molecule has 0 bridgehead atoms. The van der Waals surface area contributed by atoms with Crippen LogP contribution in [0.3, 0.4) is 0 Å². The fourth-order valence-electron chi connectivity index (χ4n) is 2.00. The third kappa shape index (κ3) is 2.58. The quantitative estimate of drug-likeness (QED) is 0.624. The van der Waals surface area contributed by atoms with Gasteiger partial charge in [0.1, 0.15) is 0 Å². The fourth-order valence-corrected chi connectivity index (χ4v) is 2.41. The van der Waals surface area contributed by atoms with Gasteiger partial charge < -0.3 is 4.74 Å². The van der Waals surface area contributed by atoms with E-state index in [1.165, 1.54) is 6.07 Å². The third-order valence-electron chi connectivity index (χ3n) is 3.00. The Kier molecular flexibility index (Phi) is 3.55. The van der Waals surface area contributed by atoms with Crippen LogP contribution in [0.15, 0.2) is 40.9 Å². The van der Waals surface area contributed by atoms with Gasteiger partial charge in [0.2, 0.25) is 11.7 Å². The van der Waals surface area contributed by atoms with Gasteiger partial charge in [-0.15, -0.1) is 5.10 Å². The van der Waals surface area contributed by atoms with Gasteiger partial charge in [0, 0.05) is 15.2 Å². The summed E-state index contributed by atoms with van der Waals surface area (Å²) in [5, 5.41) is 9.43. The average molecular weight is 351 g/mol. The minimum Gasteiger partial charge on any atom is -0.434 e. The summed E-state index contributed by atoms with van der Waals surface area (Å²) in [5.41, 5.74) is 0.735. The Labute approximate surface area is 127 Å². The fraction of sp³-hybridized carbons (Fsp3) is 0.0667. The molecule has 0 aliphatic carbocycles. The first-order chi connectivity index (χ1) is 10.1. The zero-order chi connectivity index (χ0) is 15.0. The Bertz CT molecular complexity index is 839. The van der Waals surface area contributed by atoms with E-state index >= 15 is 0 Å². The van der Waals surface area contributed by atoms with Gasteiger partial charge in [0.15, 0.2) is 11.6 Å². The van der Waals surface area contributed by atoms with Gasteiger partial charge in [0.25, 0.3) is 0 Å². The molecule has 3 rings (SSSR count). The van der Waals surface area contributed by atoms with E-state index in [9.17, 15) is 8.78 Å². The summed E-state index contributed by atoms with van der Waals surface area (Å²) in [6, 6.07) is 9.70. The Morgan fingerprint density at radius 2 is 1.76 bits per heavy atom. The minimum atomic E-state index is -1.07. The lowest BCUT2D eigenvalue weighted by molar-refractivity contribution is 0.404. The molecule has 6 heteroatoms. The number of aryl methyl sites for hydroxylation is 1. The zero-order valence-electron chi connectivity index (χ0n) is 10.9. The van der Waals surface area contributed by atoms with Gasteiger partial charge in [-0.1, -0.05) is 34.1 Å². The Hall–Kier alpha value is -2.08. The molecule has 0 saturated heterocycles. The first-order valence-corrected chi connectivity index (χ1v) is 6.90. The van der Waals surface area contributed by atoms with Crippen molar-refractivity contribution in [3.63, 3.8) is 0 Å². The predicted molar refractivity (Wildman–Crippen MR) is 78.4 cm³/mol. The van der Waals surface area contributed by atoms with Crippen molar-refractivity contribution >= 4 is 26.7 Å². The van der Waals surface area contributed by atoms with Crippen molar-refractivity contribution in [2.45, 2.75) is 6.92 Å². The van der Waals surface area contributed by atoms with Gasteiger partial charge in [-0.2, -0.15) is 9.49 Å². The van der Waals surface area contributed by atoms with E-state index in [4.69, 9.17) is 4.74 Å². The highest BCUT2D eigenvalue weighted by atomic mass is 79.9. The second-order valence-corrected chi connectivity index (χ2v) is 5.35. The molecule has 0 aliphatic heterocycles. The molecular weight excluding hydrogens is 342 g/mol. The van der Waals surface area contributed by atoms with E-state index in [0.29, 0.717) is 9.86 Å². The van der Waals surface area contributed by atoms with Crippen molar-refractivity contribution in [2.24, 2.45) is 0 Å². The Balaban J connectivity index is 2.13. The van der Waals surface area contributed by atoms with E-state index in [1.54, 1.807) is 6.07 Å². The van der Waals surface area contributed by atoms with Crippen LogP contribution in [-0.4, -0.2) is 10.2 Å². The second kappa shape index (κ2) is 5.37. The summed E-state index contributed by atoms with van der Waals surface area (Å²) in [4.78, 5) is 0. The smallest absolute Gasteiger partial charge is 0.246 e. The van der Waals surface area contributed by atoms with Crippen LogP contribution in [0.1, 0.15) is 5.69 Å². The number of rotatable bonds is 2. The molecule has 21 heavy (non-hydrogen) atoms. The molecule has 0 fully saturated rings. The van der Waals surface area contributed by atoms with Crippen LogP contribution in [0.25, 0.3) is 10.8 Å². The largest absolute Gasteiger partial charge is 0.434 e. The number of aromatic nitrogens is 2. The lowest BCUT2D eigenvalue weighted by atomic mass is 10.1. The first kappa shape index (κ1) is 13.9. The first-order valence-electron chi connectivity index (χ1n) is 6.10. The van der Waals surface area contributed by atoms with E-state index in [-0.39, 0.29) is 11.6 Å². The topological polar surface area (TPSA) is 35.0 Å². The predicted octanol–water partition coefficient (Wildman–Crippen LogP) is 4.77. The molecule has 1 aromatic heterocycles. The molecule has 3 aromatic rings. The van der Waals surface area contributed by atoms with Crippen molar-refractivity contribution < 1.29 is 13.5 Å². The number of halogens is 3. The lowest BCUT2D eigenvalue weighted by Gasteiger charge is -2.09. The molecule has 0 unspecified atom stereocenters. The molecule has 2 aromatic carbocycles. The van der Waals surface area contributed by atoms with Gasteiger partial charge in [-0.25, -0.2) is 4.39 Å². The van der Waals surface area contributed by atoms with Crippen molar-refractivity contribution in [1.29, 1.82) is 0 Å². The molecule has 0 N–H and O–H groups in total. The van der Waals surface area contributed by atoms with Crippen molar-refractivity contribution in [3.05, 3.63) is 58.2 Å². The number of hydrogen-bond donors (Lipinski definition) is 0. The van der Waals surface area contributed by atoms with Crippen molar-refractivity contribution in [2.75, 3.05) is 0 Å². The van der Waals surface area contributed by atoms with Crippen LogP contribution in [0.4, 0.5) is 8.78 Å². The molecule has 0 spiro atoms. The van der Waals surface area contributed by atoms with E-state index in [1.807, 2.05) is 25.1 Å². The van der Waals surface area contributed by atoms with Crippen LogP contribution >= 0.6 is 15.9 Å². The number of benzene rings is 2. The molecule has 0 saturated carbocycles. The molecule has 0 atom stereocenters. The van der Waals surface area contributed by atoms with Gasteiger partial charge in [-0.05, 0) is 25.1 Å². The van der Waals surface area contributed by atoms with E-state index < -0.39 is 11.6 Å². The molecule has 1 heterocycles. The van der Waals surface area contributed by atoms with Crippen molar-refractivity contribution in [3.8, 4) is 11.6 Å². The lowest BCUT2D eigenvalue weighted by Crippen LogP contribution is -1.98. The summed E-state index contributed by atoms with van der Waals surface area (Å²) in [6.07, 6.45) is 0. The Morgan fingerprint density at radius 1 is 1.05 bits per heavy atom. The summed E-state index contributed by atoms with van der Waals surface area (Å²) >= 11 is 3.10. The average Bonchev–Trinajstić information content (AvgIpc) is 2.47. The number of hydrogen-bond acceptors (Lipinski definition) is 3. The van der Waals surface area contributed by atoms with Gasteiger partial charge in [0.05, 0.1) is 5.69 Å². The maximum absolute atomic E-state index is 13.8. The maximum atomic E-state index is 13.8. The summed E-state index contributed by atoms with van der Waals surface area (Å²) in [7, 11) is 0. The van der Waals surface area contributed by atoms with Crippen LogP contribution in [0.5, 0.6) is 11.6 Å².